The molecule has 2 aliphatic heterocycles. The van der Waals surface area contributed by atoms with E-state index >= 15 is 0 Å². The highest BCUT2D eigenvalue weighted by atomic mass is 32.2. The molecule has 1 atom stereocenters. The average Bonchev–Trinajstić information content (AvgIpc) is 3.19. The van der Waals surface area contributed by atoms with Gasteiger partial charge in [-0.25, -0.2) is 13.1 Å². The molecule has 3 heterocycles. The summed E-state index contributed by atoms with van der Waals surface area (Å²) in [4.78, 5) is 2.39. The first-order chi connectivity index (χ1) is 12.5. The Kier molecular flexibility index (Phi) is 4.52. The quantitative estimate of drug-likeness (QED) is 0.820. The van der Waals surface area contributed by atoms with E-state index in [2.05, 4.69) is 16.2 Å². The predicted molar refractivity (Wildman–Crippen MR) is 100 cm³/mol. The van der Waals surface area contributed by atoms with E-state index in [4.69, 9.17) is 4.74 Å². The molecule has 1 aromatic heterocycles. The second-order valence-corrected chi connectivity index (χ2v) is 9.83. The molecular weight excluding hydrogens is 350 g/mol. The van der Waals surface area contributed by atoms with E-state index in [0.717, 1.165) is 55.9 Å². The highest BCUT2D eigenvalue weighted by Gasteiger charge is 2.44. The summed E-state index contributed by atoms with van der Waals surface area (Å²) in [6.07, 6.45) is 6.87. The topological polar surface area (TPSA) is 64.4 Å². The van der Waals surface area contributed by atoms with Crippen LogP contribution in [-0.4, -0.2) is 54.8 Å². The van der Waals surface area contributed by atoms with Crippen molar-refractivity contribution in [2.45, 2.75) is 25.8 Å². The second-order valence-electron chi connectivity index (χ2n) is 7.65. The van der Waals surface area contributed by atoms with E-state index in [1.807, 2.05) is 35.1 Å². The van der Waals surface area contributed by atoms with Crippen LogP contribution in [0.4, 0.5) is 0 Å². The number of rotatable bonds is 4. The van der Waals surface area contributed by atoms with E-state index in [-0.39, 0.29) is 5.41 Å². The molecule has 2 fully saturated rings. The lowest BCUT2D eigenvalue weighted by Gasteiger charge is -2.39. The van der Waals surface area contributed by atoms with Gasteiger partial charge in [-0.2, -0.15) is 5.10 Å². The number of hydrogen-bond donors (Lipinski definition) is 0. The van der Waals surface area contributed by atoms with Crippen LogP contribution in [0.2, 0.25) is 0 Å². The van der Waals surface area contributed by atoms with Gasteiger partial charge >= 0.3 is 0 Å². The van der Waals surface area contributed by atoms with Crippen LogP contribution in [0.5, 0.6) is 5.75 Å². The molecule has 1 unspecified atom stereocenters. The van der Waals surface area contributed by atoms with E-state index in [1.165, 1.54) is 0 Å². The lowest BCUT2D eigenvalue weighted by molar-refractivity contribution is 0.102. The molecule has 0 aliphatic carbocycles. The molecule has 0 amide bonds. The van der Waals surface area contributed by atoms with Crippen molar-refractivity contribution >= 4 is 9.84 Å². The van der Waals surface area contributed by atoms with E-state index in [9.17, 15) is 8.42 Å². The largest absolute Gasteiger partial charge is 0.497 e. The van der Waals surface area contributed by atoms with Crippen molar-refractivity contribution < 1.29 is 13.2 Å². The lowest BCUT2D eigenvalue weighted by Crippen LogP contribution is -2.43. The van der Waals surface area contributed by atoms with Gasteiger partial charge in [0.05, 0.1) is 30.5 Å². The van der Waals surface area contributed by atoms with Crippen molar-refractivity contribution in [1.82, 2.24) is 14.7 Å². The third-order valence-corrected chi connectivity index (χ3v) is 7.47. The van der Waals surface area contributed by atoms with Crippen molar-refractivity contribution in [2.24, 2.45) is 5.41 Å². The highest BCUT2D eigenvalue weighted by Crippen LogP contribution is 2.40. The molecule has 2 aromatic rings. The number of piperidine rings is 1. The van der Waals surface area contributed by atoms with Crippen LogP contribution in [0.3, 0.4) is 0 Å². The van der Waals surface area contributed by atoms with Gasteiger partial charge in [0.1, 0.15) is 5.75 Å². The third-order valence-electron chi connectivity index (χ3n) is 5.59. The number of nitrogens with zero attached hydrogens (tertiary/aromatic N) is 3. The number of benzene rings is 1. The molecule has 0 bridgehead atoms. The first-order valence-corrected chi connectivity index (χ1v) is 10.9. The highest BCUT2D eigenvalue weighted by molar-refractivity contribution is 7.91. The predicted octanol–water partition coefficient (Wildman–Crippen LogP) is 2.28. The van der Waals surface area contributed by atoms with Crippen molar-refractivity contribution in [1.29, 1.82) is 0 Å². The Morgan fingerprint density at radius 1 is 1.23 bits per heavy atom. The molecule has 2 aliphatic rings. The van der Waals surface area contributed by atoms with Gasteiger partial charge in [0.2, 0.25) is 0 Å². The maximum Gasteiger partial charge on any atom is 0.150 e. The molecule has 0 radical (unpaired) electrons. The van der Waals surface area contributed by atoms with Crippen molar-refractivity contribution in [2.75, 3.05) is 31.7 Å². The van der Waals surface area contributed by atoms with Gasteiger partial charge in [-0.3, -0.25) is 4.90 Å². The molecule has 0 N–H and O–H groups in total. The number of methoxy groups -OCH3 is 1. The van der Waals surface area contributed by atoms with Gasteiger partial charge in [0, 0.05) is 24.8 Å². The Balaban J connectivity index is 1.44. The van der Waals surface area contributed by atoms with Gasteiger partial charge < -0.3 is 4.74 Å². The molecule has 6 nitrogen and oxygen atoms in total. The van der Waals surface area contributed by atoms with Crippen LogP contribution < -0.4 is 4.74 Å². The van der Waals surface area contributed by atoms with Gasteiger partial charge in [-0.1, -0.05) is 0 Å². The number of sulfone groups is 1. The maximum atomic E-state index is 11.9. The van der Waals surface area contributed by atoms with Crippen LogP contribution in [0, 0.1) is 5.41 Å². The van der Waals surface area contributed by atoms with E-state index in [1.54, 1.807) is 7.11 Å². The molecule has 140 valence electrons. The van der Waals surface area contributed by atoms with Crippen molar-refractivity contribution in [3.63, 3.8) is 0 Å². The molecule has 4 rings (SSSR count). The minimum Gasteiger partial charge on any atom is -0.497 e. The lowest BCUT2D eigenvalue weighted by atomic mass is 9.79. The van der Waals surface area contributed by atoms with Crippen LogP contribution in [-0.2, 0) is 16.4 Å². The summed E-state index contributed by atoms with van der Waals surface area (Å²) in [6.45, 7) is 2.72. The number of aromatic nitrogens is 2. The third kappa shape index (κ3) is 3.64. The first-order valence-electron chi connectivity index (χ1n) is 9.08. The molecular formula is C19H25N3O3S. The van der Waals surface area contributed by atoms with Crippen LogP contribution in [0.15, 0.2) is 36.7 Å². The molecule has 0 saturated carbocycles. The standard InChI is InChI=1S/C19H25N3O3S/c1-25-18-5-3-17(4-6-18)22-13-16(11-20-22)12-21-9-2-7-19(14-21)8-10-26(23,24)15-19/h3-6,11,13H,2,7-10,12,14-15H2,1H3. The summed E-state index contributed by atoms with van der Waals surface area (Å²) in [6, 6.07) is 7.81. The summed E-state index contributed by atoms with van der Waals surface area (Å²) in [7, 11) is -1.19. The Labute approximate surface area is 154 Å². The fourth-order valence-corrected chi connectivity index (χ4v) is 6.53. The fourth-order valence-electron chi connectivity index (χ4n) is 4.33. The Hall–Kier alpha value is -1.86. The second kappa shape index (κ2) is 6.70. The molecule has 26 heavy (non-hydrogen) atoms. The number of hydrogen-bond acceptors (Lipinski definition) is 5. The minimum absolute atomic E-state index is 0.0247. The normalized spacial score (nSPS) is 25.6. The van der Waals surface area contributed by atoms with Crippen molar-refractivity contribution in [3.05, 3.63) is 42.2 Å². The first kappa shape index (κ1) is 17.5. The maximum absolute atomic E-state index is 11.9. The van der Waals surface area contributed by atoms with E-state index < -0.39 is 9.84 Å². The Bertz CT molecular complexity index is 876. The van der Waals surface area contributed by atoms with Gasteiger partial charge in [-0.05, 0) is 55.5 Å². The molecule has 1 spiro atoms. The summed E-state index contributed by atoms with van der Waals surface area (Å²) in [5.41, 5.74) is 2.12. The molecule has 7 heteroatoms. The monoisotopic (exact) mass is 375 g/mol. The fraction of sp³-hybridized carbons (Fsp3) is 0.526. The molecule has 2 saturated heterocycles. The number of likely N-dealkylation sites (tertiary alicyclic amines) is 1. The summed E-state index contributed by atoms with van der Waals surface area (Å²) >= 11 is 0. The van der Waals surface area contributed by atoms with Gasteiger partial charge in [-0.15, -0.1) is 0 Å². The Morgan fingerprint density at radius 2 is 2.04 bits per heavy atom. The molecule has 1 aromatic carbocycles. The average molecular weight is 375 g/mol. The smallest absolute Gasteiger partial charge is 0.150 e. The zero-order valence-electron chi connectivity index (χ0n) is 15.1. The summed E-state index contributed by atoms with van der Waals surface area (Å²) < 4.78 is 30.9. The number of ether oxygens (including phenoxy) is 1. The van der Waals surface area contributed by atoms with Crippen molar-refractivity contribution in [3.8, 4) is 11.4 Å². The van der Waals surface area contributed by atoms with Gasteiger partial charge in [0.25, 0.3) is 0 Å². The zero-order chi connectivity index (χ0) is 18.2. The van der Waals surface area contributed by atoms with Gasteiger partial charge in [0.15, 0.2) is 9.84 Å². The van der Waals surface area contributed by atoms with Crippen LogP contribution >= 0.6 is 0 Å². The van der Waals surface area contributed by atoms with Crippen LogP contribution in [0.25, 0.3) is 5.69 Å². The zero-order valence-corrected chi connectivity index (χ0v) is 15.9. The Morgan fingerprint density at radius 3 is 2.73 bits per heavy atom. The SMILES string of the molecule is COc1ccc(-n2cc(CN3CCCC4(CCS(=O)(=O)C4)C3)cn2)cc1. The van der Waals surface area contributed by atoms with Crippen LogP contribution in [0.1, 0.15) is 24.8 Å². The van der Waals surface area contributed by atoms with E-state index in [0.29, 0.717) is 11.5 Å². The summed E-state index contributed by atoms with van der Waals surface area (Å²) in [5.74, 6) is 1.55. The minimum atomic E-state index is -2.84. The summed E-state index contributed by atoms with van der Waals surface area (Å²) in [5, 5.41) is 4.47.